The van der Waals surface area contributed by atoms with Crippen LogP contribution in [0.15, 0.2) is 42.9 Å². The number of aromatic nitrogens is 4. The minimum Gasteiger partial charge on any atom is -0.490 e. The Balaban J connectivity index is 1.13. The Morgan fingerprint density at radius 1 is 0.981 bits per heavy atom. The number of hydrogen-bond donors (Lipinski definition) is 2. The Bertz CT molecular complexity index is 1840. The standard InChI is InChI=1S/C35H39F3N8O7/c1-51-32(50)45-15-7-34(8-16-45,29(48)49)43-28(47)24-20-41-31(42-27(24)35(36,37)38)46-21-33(9-17-52-18-10-33)25-19-23(3-4-26(25)46)53-22-5-13-44(14-6-22)30-39-11-2-12-40-30/h2-4,11-12,19-20,22H,5-10,13-18,21H2,1H3,(H,43,47)(H,48,49). The second kappa shape index (κ2) is 14.3. The summed E-state index contributed by atoms with van der Waals surface area (Å²) in [5, 5.41) is 12.3. The molecule has 0 unspecified atom stereocenters. The number of hydrogen-bond acceptors (Lipinski definition) is 12. The van der Waals surface area contributed by atoms with Crippen LogP contribution in [0.1, 0.15) is 60.1 Å². The van der Waals surface area contributed by atoms with Crippen molar-refractivity contribution in [2.75, 3.05) is 62.8 Å². The zero-order valence-electron chi connectivity index (χ0n) is 29.0. The minimum atomic E-state index is -5.08. The molecule has 3 saturated heterocycles. The van der Waals surface area contributed by atoms with Gasteiger partial charge in [-0.2, -0.15) is 13.2 Å². The molecule has 53 heavy (non-hydrogen) atoms. The van der Waals surface area contributed by atoms with Gasteiger partial charge in [0.25, 0.3) is 5.91 Å². The van der Waals surface area contributed by atoms with E-state index in [0.717, 1.165) is 37.7 Å². The third kappa shape index (κ3) is 7.11. The molecule has 0 saturated carbocycles. The molecule has 2 aromatic heterocycles. The lowest BCUT2D eigenvalue weighted by molar-refractivity contribution is -0.146. The summed E-state index contributed by atoms with van der Waals surface area (Å²) in [6.45, 7) is 2.51. The van der Waals surface area contributed by atoms with Gasteiger partial charge in [-0.05, 0) is 55.5 Å². The van der Waals surface area contributed by atoms with Gasteiger partial charge in [0.1, 0.15) is 17.4 Å². The lowest BCUT2D eigenvalue weighted by Gasteiger charge is -2.38. The number of aliphatic carboxylic acids is 1. The molecule has 7 rings (SSSR count). The van der Waals surface area contributed by atoms with Crippen LogP contribution in [-0.4, -0.2) is 113 Å². The summed E-state index contributed by atoms with van der Waals surface area (Å²) in [4.78, 5) is 59.5. The van der Waals surface area contributed by atoms with Crippen LogP contribution in [-0.2, 0) is 25.9 Å². The fourth-order valence-corrected chi connectivity index (χ4v) is 7.67. The number of anilines is 3. The van der Waals surface area contributed by atoms with E-state index in [1.807, 2.05) is 6.07 Å². The van der Waals surface area contributed by atoms with Gasteiger partial charge in [-0.3, -0.25) is 4.79 Å². The number of rotatable bonds is 7. The summed E-state index contributed by atoms with van der Waals surface area (Å²) in [6, 6.07) is 7.32. The SMILES string of the molecule is COC(=O)N1CCC(NC(=O)c2cnc(N3CC4(CCOCC4)c4cc(OC5CCN(c6ncccn6)CC5)ccc43)nc2C(F)(F)F)(C(=O)O)CC1. The maximum absolute atomic E-state index is 14.6. The first-order chi connectivity index (χ1) is 25.4. The van der Waals surface area contributed by atoms with Crippen molar-refractivity contribution in [1.82, 2.24) is 30.2 Å². The topological polar surface area (TPSA) is 172 Å². The average Bonchev–Trinajstić information content (AvgIpc) is 3.47. The number of fused-ring (bicyclic) bond motifs is 2. The molecule has 0 aliphatic carbocycles. The first-order valence-corrected chi connectivity index (χ1v) is 17.4. The van der Waals surface area contributed by atoms with Gasteiger partial charge < -0.3 is 39.3 Å². The van der Waals surface area contributed by atoms with E-state index in [2.05, 4.69) is 34.9 Å². The third-order valence-corrected chi connectivity index (χ3v) is 10.7. The molecular formula is C35H39F3N8O7. The number of alkyl halides is 3. The van der Waals surface area contributed by atoms with E-state index < -0.39 is 46.4 Å². The highest BCUT2D eigenvalue weighted by Crippen LogP contribution is 2.50. The smallest absolute Gasteiger partial charge is 0.434 e. The quantitative estimate of drug-likeness (QED) is 0.357. The number of benzene rings is 1. The van der Waals surface area contributed by atoms with Crippen molar-refractivity contribution in [2.45, 2.75) is 61.8 Å². The van der Waals surface area contributed by atoms with Crippen molar-refractivity contribution in [1.29, 1.82) is 0 Å². The van der Waals surface area contributed by atoms with E-state index in [-0.39, 0.29) is 44.5 Å². The van der Waals surface area contributed by atoms with Gasteiger partial charge in [0.05, 0.1) is 12.7 Å². The minimum absolute atomic E-state index is 0.0480. The Labute approximate surface area is 302 Å². The van der Waals surface area contributed by atoms with Crippen LogP contribution in [0.4, 0.5) is 35.5 Å². The van der Waals surface area contributed by atoms with Crippen LogP contribution in [0.5, 0.6) is 5.75 Å². The number of ether oxygens (including phenoxy) is 3. The van der Waals surface area contributed by atoms with Crippen LogP contribution in [0.2, 0.25) is 0 Å². The molecule has 1 spiro atoms. The fraction of sp³-hybridized carbons (Fsp3) is 0.514. The number of piperidine rings is 2. The Kier molecular flexibility index (Phi) is 9.73. The van der Waals surface area contributed by atoms with Gasteiger partial charge >= 0.3 is 18.2 Å². The van der Waals surface area contributed by atoms with E-state index >= 15 is 0 Å². The summed E-state index contributed by atoms with van der Waals surface area (Å²) < 4.78 is 60.7. The molecule has 3 aromatic rings. The number of amides is 2. The highest BCUT2D eigenvalue weighted by atomic mass is 19.4. The summed E-state index contributed by atoms with van der Waals surface area (Å²) in [6.07, 6.45) is 0.678. The number of methoxy groups -OCH3 is 1. The van der Waals surface area contributed by atoms with Gasteiger partial charge in [0.2, 0.25) is 11.9 Å². The van der Waals surface area contributed by atoms with Gasteiger partial charge in [0.15, 0.2) is 5.69 Å². The van der Waals surface area contributed by atoms with Crippen molar-refractivity contribution in [2.24, 2.45) is 0 Å². The molecule has 18 heteroatoms. The van der Waals surface area contributed by atoms with Crippen LogP contribution in [0.25, 0.3) is 0 Å². The predicted molar refractivity (Wildman–Crippen MR) is 181 cm³/mol. The van der Waals surface area contributed by atoms with E-state index in [1.54, 1.807) is 35.5 Å². The average molecular weight is 741 g/mol. The van der Waals surface area contributed by atoms with Gasteiger partial charge in [0, 0.05) is 88.5 Å². The van der Waals surface area contributed by atoms with Gasteiger partial charge in [-0.15, -0.1) is 0 Å². The largest absolute Gasteiger partial charge is 0.490 e. The zero-order valence-corrected chi connectivity index (χ0v) is 29.0. The van der Waals surface area contributed by atoms with E-state index in [9.17, 15) is 32.7 Å². The van der Waals surface area contributed by atoms with Crippen molar-refractivity contribution >= 4 is 35.6 Å². The predicted octanol–water partition coefficient (Wildman–Crippen LogP) is 3.95. The van der Waals surface area contributed by atoms with Crippen molar-refractivity contribution in [3.8, 4) is 5.75 Å². The Hall–Kier alpha value is -5.26. The molecule has 3 fully saturated rings. The van der Waals surface area contributed by atoms with Gasteiger partial charge in [-0.25, -0.2) is 29.5 Å². The Morgan fingerprint density at radius 2 is 1.68 bits per heavy atom. The van der Waals surface area contributed by atoms with E-state index in [1.165, 1.54) is 12.0 Å². The third-order valence-electron chi connectivity index (χ3n) is 10.7. The zero-order chi connectivity index (χ0) is 37.4. The van der Waals surface area contributed by atoms with Gasteiger partial charge in [-0.1, -0.05) is 0 Å². The molecule has 1 aromatic carbocycles. The number of nitrogens with one attached hydrogen (secondary N) is 1. The van der Waals surface area contributed by atoms with Crippen molar-refractivity contribution < 1.29 is 46.9 Å². The summed E-state index contributed by atoms with van der Waals surface area (Å²) >= 11 is 0. The van der Waals surface area contributed by atoms with E-state index in [4.69, 9.17) is 9.47 Å². The normalized spacial score (nSPS) is 19.8. The Morgan fingerprint density at radius 3 is 2.32 bits per heavy atom. The second-order valence-electron chi connectivity index (χ2n) is 13.7. The first-order valence-electron chi connectivity index (χ1n) is 17.4. The summed E-state index contributed by atoms with van der Waals surface area (Å²) in [5.41, 5.74) is -3.26. The number of nitrogens with zero attached hydrogens (tertiary/aromatic N) is 7. The number of likely N-dealkylation sites (tertiary alicyclic amines) is 1. The van der Waals surface area contributed by atoms with Crippen LogP contribution in [0.3, 0.4) is 0 Å². The van der Waals surface area contributed by atoms with Crippen molar-refractivity contribution in [3.05, 3.63) is 59.7 Å². The monoisotopic (exact) mass is 740 g/mol. The number of carboxylic acids is 1. The highest BCUT2D eigenvalue weighted by molar-refractivity contribution is 5.99. The summed E-state index contributed by atoms with van der Waals surface area (Å²) in [7, 11) is 1.18. The van der Waals surface area contributed by atoms with E-state index in [0.29, 0.717) is 43.4 Å². The van der Waals surface area contributed by atoms with Crippen molar-refractivity contribution in [3.63, 3.8) is 0 Å². The number of carboxylic acid groups (broad SMARTS) is 1. The molecule has 2 amide bonds. The molecule has 15 nitrogen and oxygen atoms in total. The summed E-state index contributed by atoms with van der Waals surface area (Å²) in [5.74, 6) is -1.64. The van der Waals surface area contributed by atoms with Crippen LogP contribution in [0, 0.1) is 0 Å². The number of carbonyl (C=O) groups excluding carboxylic acids is 2. The molecule has 0 bridgehead atoms. The maximum atomic E-state index is 14.6. The molecule has 4 aliphatic rings. The van der Waals surface area contributed by atoms with Crippen LogP contribution < -0.4 is 19.9 Å². The molecular weight excluding hydrogens is 701 g/mol. The maximum Gasteiger partial charge on any atom is 0.434 e. The van der Waals surface area contributed by atoms with Crippen LogP contribution >= 0.6 is 0 Å². The molecule has 6 heterocycles. The number of carbonyl (C=O) groups is 3. The fourth-order valence-electron chi connectivity index (χ4n) is 7.67. The molecule has 2 N–H and O–H groups in total. The molecule has 4 aliphatic heterocycles. The second-order valence-corrected chi connectivity index (χ2v) is 13.7. The molecule has 0 radical (unpaired) electrons. The molecule has 0 atom stereocenters. The highest BCUT2D eigenvalue weighted by Gasteiger charge is 2.48. The first kappa shape index (κ1) is 36.1. The lowest BCUT2D eigenvalue weighted by atomic mass is 9.76. The lowest BCUT2D eigenvalue weighted by Crippen LogP contribution is -2.60. The molecule has 282 valence electrons. The number of halogens is 3.